The molecule has 0 unspecified atom stereocenters. The van der Waals surface area contributed by atoms with Crippen LogP contribution >= 0.6 is 23.5 Å². The number of rotatable bonds is 5. The van der Waals surface area contributed by atoms with Crippen LogP contribution in [0, 0.1) is 0 Å². The molecule has 0 radical (unpaired) electrons. The van der Waals surface area contributed by atoms with E-state index in [0.717, 1.165) is 22.8 Å². The van der Waals surface area contributed by atoms with Gasteiger partial charge in [-0.05, 0) is 74.6 Å². The Hall–Kier alpha value is -2.78. The molecule has 0 atom stereocenters. The summed E-state index contributed by atoms with van der Waals surface area (Å²) in [5, 5.41) is 0.941. The van der Waals surface area contributed by atoms with Gasteiger partial charge < -0.3 is 9.40 Å². The van der Waals surface area contributed by atoms with Crippen LogP contribution in [0.3, 0.4) is 0 Å². The van der Waals surface area contributed by atoms with Crippen LogP contribution in [-0.4, -0.2) is 37.8 Å². The number of hydrogen-bond acceptors (Lipinski definition) is 7. The van der Waals surface area contributed by atoms with Crippen molar-refractivity contribution in [2.75, 3.05) is 0 Å². The summed E-state index contributed by atoms with van der Waals surface area (Å²) in [7, 11) is 0. The van der Waals surface area contributed by atoms with Crippen LogP contribution in [0.1, 0.15) is 36.9 Å². The van der Waals surface area contributed by atoms with Crippen LogP contribution in [0.15, 0.2) is 49.9 Å². The van der Waals surface area contributed by atoms with E-state index in [1.54, 1.807) is 50.3 Å². The van der Waals surface area contributed by atoms with Crippen molar-refractivity contribution in [1.82, 2.24) is 14.9 Å². The molecule has 3 aromatic rings. The zero-order valence-electron chi connectivity index (χ0n) is 15.9. The molecule has 7 nitrogen and oxygen atoms in total. The number of imide groups is 1. The average Bonchev–Trinajstić information content (AvgIpc) is 3.32. The maximum atomic E-state index is 12.4. The fourth-order valence-electron chi connectivity index (χ4n) is 2.87. The van der Waals surface area contributed by atoms with Crippen molar-refractivity contribution in [3.63, 3.8) is 0 Å². The molecule has 0 saturated carbocycles. The first kappa shape index (κ1) is 19.5. The maximum absolute atomic E-state index is 12.4. The quantitative estimate of drug-likeness (QED) is 0.454. The first-order valence-electron chi connectivity index (χ1n) is 8.87. The molecule has 3 heterocycles. The van der Waals surface area contributed by atoms with Gasteiger partial charge in [-0.15, -0.1) is 0 Å². The van der Waals surface area contributed by atoms with Gasteiger partial charge >= 0.3 is 0 Å². The van der Waals surface area contributed by atoms with E-state index in [2.05, 4.69) is 9.97 Å². The van der Waals surface area contributed by atoms with Crippen LogP contribution in [0.4, 0.5) is 4.79 Å². The van der Waals surface area contributed by atoms with Gasteiger partial charge in [0.1, 0.15) is 5.76 Å². The fourth-order valence-corrected chi connectivity index (χ4v) is 4.58. The lowest BCUT2D eigenvalue weighted by atomic mass is 10.1. The second kappa shape index (κ2) is 7.57. The number of ketones is 1. The number of furan rings is 1. The zero-order chi connectivity index (χ0) is 20.7. The third-order valence-corrected chi connectivity index (χ3v) is 5.97. The van der Waals surface area contributed by atoms with E-state index in [-0.39, 0.29) is 23.0 Å². The van der Waals surface area contributed by atoms with Gasteiger partial charge in [-0.25, -0.2) is 4.98 Å². The normalized spacial score (nSPS) is 16.0. The third kappa shape index (κ3) is 3.88. The van der Waals surface area contributed by atoms with Gasteiger partial charge in [-0.2, -0.15) is 0 Å². The second-order valence-corrected chi connectivity index (χ2v) is 8.72. The number of Topliss-reactive ketones (excluding diaryl/α,β-unsaturated/α-hetero) is 1. The summed E-state index contributed by atoms with van der Waals surface area (Å²) in [6.45, 7) is 5.12. The fraction of sp³-hybridized carbons (Fsp3) is 0.200. The number of benzene rings is 1. The Bertz CT molecular complexity index is 1180. The smallest absolute Gasteiger partial charge is 0.293 e. The summed E-state index contributed by atoms with van der Waals surface area (Å²) in [6.07, 6.45) is 1.58. The summed E-state index contributed by atoms with van der Waals surface area (Å²) in [4.78, 5) is 45.1. The minimum absolute atomic E-state index is 0.00624. The van der Waals surface area contributed by atoms with Crippen LogP contribution in [0.5, 0.6) is 0 Å². The molecular weight excluding hydrogens is 410 g/mol. The van der Waals surface area contributed by atoms with E-state index < -0.39 is 0 Å². The summed E-state index contributed by atoms with van der Waals surface area (Å²) in [5.74, 6) is 0.171. The predicted molar refractivity (Wildman–Crippen MR) is 112 cm³/mol. The Balaban J connectivity index is 1.53. The van der Waals surface area contributed by atoms with Gasteiger partial charge in [0.15, 0.2) is 16.0 Å². The van der Waals surface area contributed by atoms with Crippen LogP contribution in [-0.2, 0) is 4.79 Å². The number of thioether (sulfide) groups is 1. The molecule has 0 aliphatic carbocycles. The summed E-state index contributed by atoms with van der Waals surface area (Å²) in [6, 6.07) is 8.64. The molecule has 1 saturated heterocycles. The first-order valence-corrected chi connectivity index (χ1v) is 10.5. The molecule has 2 aromatic heterocycles. The highest BCUT2D eigenvalue weighted by Gasteiger charge is 2.36. The van der Waals surface area contributed by atoms with E-state index in [0.29, 0.717) is 26.5 Å². The zero-order valence-corrected chi connectivity index (χ0v) is 17.5. The SMILES string of the molecule is CC(=O)c1ccc2nc(Sc3ccc(C=C4SC(=O)N(C(C)C)C4=O)o3)[nH]c2c1. The lowest BCUT2D eigenvalue weighted by Gasteiger charge is -2.16. The Morgan fingerprint density at radius 3 is 2.76 bits per heavy atom. The van der Waals surface area contributed by atoms with E-state index in [9.17, 15) is 14.4 Å². The third-order valence-electron chi connectivity index (χ3n) is 4.28. The minimum Gasteiger partial charge on any atom is -0.450 e. The summed E-state index contributed by atoms with van der Waals surface area (Å²) in [5.41, 5.74) is 2.15. The van der Waals surface area contributed by atoms with E-state index in [4.69, 9.17) is 4.42 Å². The molecule has 0 bridgehead atoms. The molecule has 2 amide bonds. The number of nitrogens with zero attached hydrogens (tertiary/aromatic N) is 2. The standard InChI is InChI=1S/C20H17N3O4S2/c1-10(2)23-18(25)16(28-20(23)26)9-13-5-7-17(27-13)29-19-21-14-6-4-12(11(3)24)8-15(14)22-19/h4-10H,1-3H3,(H,21,22). The van der Waals surface area contributed by atoms with E-state index in [1.165, 1.54) is 23.6 Å². The maximum Gasteiger partial charge on any atom is 0.293 e. The molecule has 9 heteroatoms. The minimum atomic E-state index is -0.306. The number of H-pyrrole nitrogens is 1. The van der Waals surface area contributed by atoms with Crippen molar-refractivity contribution in [3.8, 4) is 0 Å². The highest BCUT2D eigenvalue weighted by atomic mass is 32.2. The van der Waals surface area contributed by atoms with Crippen molar-refractivity contribution in [2.45, 2.75) is 37.1 Å². The van der Waals surface area contributed by atoms with Crippen molar-refractivity contribution in [3.05, 3.63) is 46.6 Å². The molecule has 29 heavy (non-hydrogen) atoms. The van der Waals surface area contributed by atoms with Crippen molar-refractivity contribution < 1.29 is 18.8 Å². The number of hydrogen-bond donors (Lipinski definition) is 1. The molecule has 1 fully saturated rings. The highest BCUT2D eigenvalue weighted by Crippen LogP contribution is 2.35. The van der Waals surface area contributed by atoms with Crippen molar-refractivity contribution in [1.29, 1.82) is 0 Å². The Morgan fingerprint density at radius 1 is 1.28 bits per heavy atom. The number of carbonyl (C=O) groups excluding carboxylic acids is 3. The second-order valence-electron chi connectivity index (χ2n) is 6.73. The van der Waals surface area contributed by atoms with Gasteiger partial charge in [-0.1, -0.05) is 0 Å². The van der Waals surface area contributed by atoms with Crippen LogP contribution < -0.4 is 0 Å². The number of carbonyl (C=O) groups is 3. The van der Waals surface area contributed by atoms with Crippen molar-refractivity contribution in [2.24, 2.45) is 0 Å². The highest BCUT2D eigenvalue weighted by molar-refractivity contribution is 8.18. The van der Waals surface area contributed by atoms with Gasteiger partial charge in [0.25, 0.3) is 11.1 Å². The van der Waals surface area contributed by atoms with Gasteiger partial charge in [0.05, 0.1) is 15.9 Å². The number of amides is 2. The molecular formula is C20H17N3O4S2. The molecule has 1 aliphatic heterocycles. The monoisotopic (exact) mass is 427 g/mol. The van der Waals surface area contributed by atoms with E-state index in [1.807, 2.05) is 0 Å². The number of nitrogens with one attached hydrogen (secondary N) is 1. The lowest BCUT2D eigenvalue weighted by Crippen LogP contribution is -2.34. The molecule has 1 aliphatic rings. The first-order chi connectivity index (χ1) is 13.8. The Morgan fingerprint density at radius 2 is 2.07 bits per heavy atom. The largest absolute Gasteiger partial charge is 0.450 e. The van der Waals surface area contributed by atoms with Crippen molar-refractivity contribution >= 4 is 57.6 Å². The van der Waals surface area contributed by atoms with Crippen LogP contribution in [0.2, 0.25) is 0 Å². The molecule has 1 aromatic carbocycles. The number of imidazole rings is 1. The Kier molecular flexibility index (Phi) is 5.10. The lowest BCUT2D eigenvalue weighted by molar-refractivity contribution is -0.123. The summed E-state index contributed by atoms with van der Waals surface area (Å²) >= 11 is 2.21. The number of fused-ring (bicyclic) bond motifs is 1. The van der Waals surface area contributed by atoms with Crippen LogP contribution in [0.25, 0.3) is 17.1 Å². The topological polar surface area (TPSA) is 96.3 Å². The number of aromatic nitrogens is 2. The molecule has 0 spiro atoms. The summed E-state index contributed by atoms with van der Waals surface area (Å²) < 4.78 is 5.76. The predicted octanol–water partition coefficient (Wildman–Crippen LogP) is 4.95. The molecule has 1 N–H and O–H groups in total. The molecule has 4 rings (SSSR count). The number of aromatic amines is 1. The van der Waals surface area contributed by atoms with Gasteiger partial charge in [-0.3, -0.25) is 19.3 Å². The van der Waals surface area contributed by atoms with Gasteiger partial charge in [0.2, 0.25) is 0 Å². The van der Waals surface area contributed by atoms with E-state index >= 15 is 0 Å². The van der Waals surface area contributed by atoms with Gasteiger partial charge in [0, 0.05) is 17.7 Å². The average molecular weight is 428 g/mol. The Labute approximate surface area is 174 Å². The molecule has 148 valence electrons.